The van der Waals surface area contributed by atoms with Gasteiger partial charge in [-0.15, -0.1) is 0 Å². The summed E-state index contributed by atoms with van der Waals surface area (Å²) in [6.45, 7) is 3.37. The third kappa shape index (κ3) is 2.80. The lowest BCUT2D eigenvalue weighted by Gasteiger charge is -2.18. The average Bonchev–Trinajstić information content (AvgIpc) is 2.83. The van der Waals surface area contributed by atoms with Gasteiger partial charge in [-0.2, -0.15) is 0 Å². The van der Waals surface area contributed by atoms with Crippen LogP contribution in [-0.4, -0.2) is 36.1 Å². The first-order valence-electron chi connectivity index (χ1n) is 6.11. The van der Waals surface area contributed by atoms with E-state index in [1.165, 1.54) is 18.5 Å². The van der Waals surface area contributed by atoms with E-state index >= 15 is 0 Å². The number of nitrogens with one attached hydrogen (secondary N) is 2. The van der Waals surface area contributed by atoms with Gasteiger partial charge in [-0.05, 0) is 18.9 Å². The molecule has 8 heteroatoms. The molecule has 2 rings (SSSR count). The monoisotopic (exact) mass is 317 g/mol. The minimum absolute atomic E-state index is 0.0580. The molecule has 0 aromatic carbocycles. The topological polar surface area (TPSA) is 95.1 Å². The number of aromatic nitrogens is 2. The van der Waals surface area contributed by atoms with E-state index in [1.807, 2.05) is 0 Å². The van der Waals surface area contributed by atoms with E-state index in [-0.39, 0.29) is 17.4 Å². The number of rotatable bonds is 5. The molecule has 2 aromatic rings. The highest BCUT2D eigenvalue weighted by Gasteiger charge is 2.25. The second-order valence-corrected chi connectivity index (χ2v) is 6.83. The first-order valence-corrected chi connectivity index (χ1v) is 7.97. The minimum Gasteiger partial charge on any atom is -0.396 e. The van der Waals surface area contributed by atoms with Crippen molar-refractivity contribution in [3.8, 4) is 0 Å². The highest BCUT2D eigenvalue weighted by atomic mass is 35.5. The number of aliphatic hydroxyl groups excluding tert-OH is 1. The summed E-state index contributed by atoms with van der Waals surface area (Å²) in [5.74, 6) is -0.191. The van der Waals surface area contributed by atoms with E-state index in [0.717, 1.165) is 0 Å². The summed E-state index contributed by atoms with van der Waals surface area (Å²) in [7, 11) is -3.74. The van der Waals surface area contributed by atoms with E-state index in [9.17, 15) is 8.42 Å². The molecule has 20 heavy (non-hydrogen) atoms. The summed E-state index contributed by atoms with van der Waals surface area (Å²) in [6, 6.07) is 1.14. The molecule has 3 N–H and O–H groups in total. The second kappa shape index (κ2) is 5.69. The van der Waals surface area contributed by atoms with Gasteiger partial charge in [0.05, 0.1) is 10.4 Å². The number of hydrogen-bond acceptors (Lipinski definition) is 4. The molecule has 2 heterocycles. The summed E-state index contributed by atoms with van der Waals surface area (Å²) in [5, 5.41) is 9.76. The molecule has 0 saturated heterocycles. The summed E-state index contributed by atoms with van der Waals surface area (Å²) < 4.78 is 27.3. The zero-order valence-corrected chi connectivity index (χ0v) is 12.7. The zero-order chi connectivity index (χ0) is 14.9. The molecule has 110 valence electrons. The number of hydrogen-bond donors (Lipinski definition) is 3. The Morgan fingerprint density at radius 2 is 2.20 bits per heavy atom. The SMILES string of the molecule is CC(CO)C(C)NS(=O)(=O)c1c[nH]c2nccc(Cl)c12. The van der Waals surface area contributed by atoms with Crippen LogP contribution >= 0.6 is 11.6 Å². The largest absolute Gasteiger partial charge is 0.396 e. The van der Waals surface area contributed by atoms with Crippen molar-refractivity contribution in [1.29, 1.82) is 0 Å². The molecular formula is C12H16ClN3O3S. The first-order chi connectivity index (χ1) is 9.36. The Kier molecular flexibility index (Phi) is 4.33. The first kappa shape index (κ1) is 15.2. The number of sulfonamides is 1. The Balaban J connectivity index is 2.43. The molecular weight excluding hydrogens is 302 g/mol. The van der Waals surface area contributed by atoms with E-state index in [0.29, 0.717) is 16.1 Å². The third-order valence-corrected chi connectivity index (χ3v) is 5.16. The Labute approximate surface area is 122 Å². The molecule has 0 bridgehead atoms. The number of pyridine rings is 1. The predicted molar refractivity (Wildman–Crippen MR) is 77.1 cm³/mol. The van der Waals surface area contributed by atoms with Crippen molar-refractivity contribution < 1.29 is 13.5 Å². The van der Waals surface area contributed by atoms with Crippen LogP contribution in [-0.2, 0) is 10.0 Å². The van der Waals surface area contributed by atoms with Crippen molar-refractivity contribution in [2.45, 2.75) is 24.8 Å². The minimum atomic E-state index is -3.74. The molecule has 2 aromatic heterocycles. The Morgan fingerprint density at radius 3 is 2.85 bits per heavy atom. The zero-order valence-electron chi connectivity index (χ0n) is 11.1. The lowest BCUT2D eigenvalue weighted by molar-refractivity contribution is 0.216. The molecule has 0 aliphatic rings. The van der Waals surface area contributed by atoms with Gasteiger partial charge in [-0.3, -0.25) is 0 Å². The molecule has 6 nitrogen and oxygen atoms in total. The van der Waals surface area contributed by atoms with Crippen molar-refractivity contribution in [3.63, 3.8) is 0 Å². The highest BCUT2D eigenvalue weighted by molar-refractivity contribution is 7.89. The fourth-order valence-corrected chi connectivity index (χ4v) is 3.62. The van der Waals surface area contributed by atoms with Crippen LogP contribution in [0.15, 0.2) is 23.4 Å². The van der Waals surface area contributed by atoms with Crippen LogP contribution < -0.4 is 4.72 Å². The molecule has 0 saturated carbocycles. The van der Waals surface area contributed by atoms with Crippen molar-refractivity contribution in [2.75, 3.05) is 6.61 Å². The number of nitrogens with zero attached hydrogens (tertiary/aromatic N) is 1. The summed E-state index contributed by atoms with van der Waals surface area (Å²) in [5.41, 5.74) is 0.417. The summed E-state index contributed by atoms with van der Waals surface area (Å²) in [4.78, 5) is 6.88. The van der Waals surface area contributed by atoms with Crippen LogP contribution in [0.4, 0.5) is 0 Å². The van der Waals surface area contributed by atoms with Crippen LogP contribution in [0.3, 0.4) is 0 Å². The average molecular weight is 318 g/mol. The predicted octanol–water partition coefficient (Wildman–Crippen LogP) is 1.51. The van der Waals surface area contributed by atoms with Gasteiger partial charge in [-0.1, -0.05) is 18.5 Å². The van der Waals surface area contributed by atoms with Gasteiger partial charge in [0.15, 0.2) is 0 Å². The van der Waals surface area contributed by atoms with Crippen LogP contribution in [0.2, 0.25) is 5.02 Å². The van der Waals surface area contributed by atoms with Crippen molar-refractivity contribution in [2.24, 2.45) is 5.92 Å². The molecule has 0 spiro atoms. The van der Waals surface area contributed by atoms with Crippen LogP contribution in [0, 0.1) is 5.92 Å². The second-order valence-electron chi connectivity index (χ2n) is 4.74. The molecule has 0 amide bonds. The number of aromatic amines is 1. The standard InChI is InChI=1S/C12H16ClN3O3S/c1-7(6-17)8(2)16-20(18,19)10-5-15-12-11(10)9(13)3-4-14-12/h3-5,7-8,16-17H,6H2,1-2H3,(H,14,15). The van der Waals surface area contributed by atoms with Crippen molar-refractivity contribution in [1.82, 2.24) is 14.7 Å². The van der Waals surface area contributed by atoms with Gasteiger partial charge < -0.3 is 10.1 Å². The number of fused-ring (bicyclic) bond motifs is 1. The highest BCUT2D eigenvalue weighted by Crippen LogP contribution is 2.28. The van der Waals surface area contributed by atoms with E-state index in [2.05, 4.69) is 14.7 Å². The van der Waals surface area contributed by atoms with E-state index in [1.54, 1.807) is 13.8 Å². The lowest BCUT2D eigenvalue weighted by atomic mass is 10.1. The third-order valence-electron chi connectivity index (χ3n) is 3.26. The quantitative estimate of drug-likeness (QED) is 0.779. The van der Waals surface area contributed by atoms with Crippen LogP contribution in [0.1, 0.15) is 13.8 Å². The number of halogens is 1. The van der Waals surface area contributed by atoms with Gasteiger partial charge in [0.1, 0.15) is 10.5 Å². The van der Waals surface area contributed by atoms with Gasteiger partial charge in [0.2, 0.25) is 10.0 Å². The Hall–Kier alpha value is -1.15. The fourth-order valence-electron chi connectivity index (χ4n) is 1.78. The lowest BCUT2D eigenvalue weighted by Crippen LogP contribution is -2.38. The van der Waals surface area contributed by atoms with Gasteiger partial charge in [0.25, 0.3) is 0 Å². The van der Waals surface area contributed by atoms with Crippen LogP contribution in [0.25, 0.3) is 11.0 Å². The summed E-state index contributed by atoms with van der Waals surface area (Å²) in [6.07, 6.45) is 2.86. The molecule has 0 aliphatic heterocycles. The Morgan fingerprint density at radius 1 is 1.50 bits per heavy atom. The number of H-pyrrole nitrogens is 1. The van der Waals surface area contributed by atoms with E-state index in [4.69, 9.17) is 16.7 Å². The van der Waals surface area contributed by atoms with E-state index < -0.39 is 16.1 Å². The Bertz CT molecular complexity index is 714. The van der Waals surface area contributed by atoms with Gasteiger partial charge >= 0.3 is 0 Å². The smallest absolute Gasteiger partial charge is 0.243 e. The van der Waals surface area contributed by atoms with Crippen LogP contribution in [0.5, 0.6) is 0 Å². The van der Waals surface area contributed by atoms with Crippen molar-refractivity contribution in [3.05, 3.63) is 23.5 Å². The van der Waals surface area contributed by atoms with Gasteiger partial charge in [0, 0.05) is 25.0 Å². The molecule has 0 fully saturated rings. The maximum Gasteiger partial charge on any atom is 0.243 e. The molecule has 2 atom stereocenters. The molecule has 0 radical (unpaired) electrons. The maximum absolute atomic E-state index is 12.4. The van der Waals surface area contributed by atoms with Crippen molar-refractivity contribution >= 4 is 32.7 Å². The molecule has 0 aliphatic carbocycles. The fraction of sp³-hybridized carbons (Fsp3) is 0.417. The normalized spacial score (nSPS) is 15.4. The number of aliphatic hydroxyl groups is 1. The molecule has 2 unspecified atom stereocenters. The van der Waals surface area contributed by atoms with Gasteiger partial charge in [-0.25, -0.2) is 18.1 Å². The summed E-state index contributed by atoms with van der Waals surface area (Å²) >= 11 is 6.04. The maximum atomic E-state index is 12.4.